The van der Waals surface area contributed by atoms with Crippen molar-refractivity contribution in [1.29, 1.82) is 0 Å². The third-order valence-electron chi connectivity index (χ3n) is 3.17. The minimum atomic E-state index is -0.449. The van der Waals surface area contributed by atoms with E-state index in [2.05, 4.69) is 4.98 Å². The van der Waals surface area contributed by atoms with E-state index in [1.54, 1.807) is 18.3 Å². The number of pyridine rings is 1. The van der Waals surface area contributed by atoms with Crippen LogP contribution in [0.1, 0.15) is 17.4 Å². The van der Waals surface area contributed by atoms with Crippen molar-refractivity contribution < 1.29 is 9.84 Å². The molecule has 0 radical (unpaired) electrons. The lowest BCUT2D eigenvalue weighted by atomic mass is 10.0. The highest BCUT2D eigenvalue weighted by Crippen LogP contribution is 2.32. The Kier molecular flexibility index (Phi) is 3.83. The van der Waals surface area contributed by atoms with Crippen molar-refractivity contribution in [3.05, 3.63) is 90.3 Å². The number of para-hydroxylation sites is 2. The summed E-state index contributed by atoms with van der Waals surface area (Å²) in [6, 6.07) is 22.3. The van der Waals surface area contributed by atoms with Crippen LogP contribution in [0.2, 0.25) is 0 Å². The topological polar surface area (TPSA) is 42.4 Å². The summed E-state index contributed by atoms with van der Waals surface area (Å²) in [5.74, 6) is 0.931. The summed E-state index contributed by atoms with van der Waals surface area (Å²) in [4.78, 5) is 4.36. The lowest BCUT2D eigenvalue weighted by molar-refractivity contribution is 0.237. The molecule has 0 amide bonds. The number of aromatic nitrogens is 1. The van der Waals surface area contributed by atoms with Gasteiger partial charge in [0, 0.05) is 11.8 Å². The van der Waals surface area contributed by atoms with Gasteiger partial charge in [0.15, 0.2) is 6.10 Å². The number of ether oxygens (including phenoxy) is 1. The predicted molar refractivity (Wildman–Crippen MR) is 81.3 cm³/mol. The lowest BCUT2D eigenvalue weighted by Crippen LogP contribution is -2.11. The summed E-state index contributed by atoms with van der Waals surface area (Å²) in [7, 11) is 0. The van der Waals surface area contributed by atoms with Crippen LogP contribution < -0.4 is 4.74 Å². The fraction of sp³-hybridized carbons (Fsp3) is 0.0556. The third kappa shape index (κ3) is 3.03. The molecule has 3 nitrogen and oxygen atoms in total. The Morgan fingerprint density at radius 3 is 2.24 bits per heavy atom. The monoisotopic (exact) mass is 277 g/mol. The van der Waals surface area contributed by atoms with Crippen molar-refractivity contribution in [3.8, 4) is 11.5 Å². The number of aromatic hydroxyl groups is 1. The molecule has 104 valence electrons. The van der Waals surface area contributed by atoms with Gasteiger partial charge in [-0.25, -0.2) is 0 Å². The molecule has 21 heavy (non-hydrogen) atoms. The molecule has 1 unspecified atom stereocenters. The van der Waals surface area contributed by atoms with Gasteiger partial charge in [0.2, 0.25) is 0 Å². The van der Waals surface area contributed by atoms with E-state index in [-0.39, 0.29) is 5.75 Å². The van der Waals surface area contributed by atoms with Crippen molar-refractivity contribution in [1.82, 2.24) is 4.98 Å². The number of benzene rings is 2. The van der Waals surface area contributed by atoms with Gasteiger partial charge in [0.1, 0.15) is 11.5 Å². The fourth-order valence-corrected chi connectivity index (χ4v) is 2.16. The number of nitrogens with zero attached hydrogens (tertiary/aromatic N) is 1. The van der Waals surface area contributed by atoms with Gasteiger partial charge in [-0.1, -0.05) is 42.5 Å². The van der Waals surface area contributed by atoms with Crippen LogP contribution in [0.3, 0.4) is 0 Å². The molecule has 0 bridgehead atoms. The molecule has 0 fully saturated rings. The standard InChI is InChI=1S/C18H15NO2/c20-17-12-5-4-10-15(17)18(16-11-6-7-13-19-16)21-14-8-2-1-3-9-14/h1-13,18,20H. The molecule has 1 N–H and O–H groups in total. The minimum absolute atomic E-state index is 0.198. The molecule has 0 spiro atoms. The largest absolute Gasteiger partial charge is 0.508 e. The molecule has 3 rings (SSSR count). The number of hydrogen-bond donors (Lipinski definition) is 1. The van der Waals surface area contributed by atoms with Gasteiger partial charge in [0.05, 0.1) is 5.69 Å². The first-order chi connectivity index (χ1) is 10.3. The van der Waals surface area contributed by atoms with Crippen molar-refractivity contribution in [3.63, 3.8) is 0 Å². The van der Waals surface area contributed by atoms with Crippen LogP contribution >= 0.6 is 0 Å². The molecule has 1 atom stereocenters. The maximum atomic E-state index is 10.1. The first-order valence-electron chi connectivity index (χ1n) is 6.75. The van der Waals surface area contributed by atoms with E-state index in [1.807, 2.05) is 60.7 Å². The molecule has 1 heterocycles. The smallest absolute Gasteiger partial charge is 0.169 e. The highest BCUT2D eigenvalue weighted by Gasteiger charge is 2.20. The van der Waals surface area contributed by atoms with Crippen LogP contribution in [0.15, 0.2) is 79.0 Å². The number of phenolic OH excluding ortho intramolecular Hbond substituents is 1. The van der Waals surface area contributed by atoms with E-state index in [4.69, 9.17) is 4.74 Å². The van der Waals surface area contributed by atoms with E-state index >= 15 is 0 Å². The van der Waals surface area contributed by atoms with Gasteiger partial charge in [-0.05, 0) is 30.3 Å². The Bertz CT molecular complexity index is 699. The zero-order valence-electron chi connectivity index (χ0n) is 11.4. The second-order valence-electron chi connectivity index (χ2n) is 4.62. The molecule has 1 aromatic heterocycles. The quantitative estimate of drug-likeness (QED) is 0.785. The average molecular weight is 277 g/mol. The zero-order valence-corrected chi connectivity index (χ0v) is 11.4. The number of rotatable bonds is 4. The van der Waals surface area contributed by atoms with Gasteiger partial charge in [0.25, 0.3) is 0 Å². The molecular weight excluding hydrogens is 262 g/mol. The first kappa shape index (κ1) is 13.2. The van der Waals surface area contributed by atoms with Crippen LogP contribution in [0.5, 0.6) is 11.5 Å². The SMILES string of the molecule is Oc1ccccc1C(Oc1ccccc1)c1ccccn1. The highest BCUT2D eigenvalue weighted by molar-refractivity contribution is 5.39. The van der Waals surface area contributed by atoms with Crippen LogP contribution in [0.4, 0.5) is 0 Å². The summed E-state index contributed by atoms with van der Waals surface area (Å²) in [6.45, 7) is 0. The van der Waals surface area contributed by atoms with Crippen molar-refractivity contribution in [2.24, 2.45) is 0 Å². The highest BCUT2D eigenvalue weighted by atomic mass is 16.5. The van der Waals surface area contributed by atoms with E-state index in [0.29, 0.717) is 5.56 Å². The summed E-state index contributed by atoms with van der Waals surface area (Å²) in [5.41, 5.74) is 1.45. The Balaban J connectivity index is 2.02. The normalized spacial score (nSPS) is 11.8. The van der Waals surface area contributed by atoms with Crippen molar-refractivity contribution >= 4 is 0 Å². The predicted octanol–water partition coefficient (Wildman–Crippen LogP) is 3.96. The van der Waals surface area contributed by atoms with Crippen molar-refractivity contribution in [2.75, 3.05) is 0 Å². The Morgan fingerprint density at radius 1 is 0.810 bits per heavy atom. The van der Waals surface area contributed by atoms with E-state index < -0.39 is 6.10 Å². The Hall–Kier alpha value is -2.81. The molecule has 0 aliphatic heterocycles. The van der Waals surface area contributed by atoms with Gasteiger partial charge in [-0.2, -0.15) is 0 Å². The maximum absolute atomic E-state index is 10.1. The van der Waals surface area contributed by atoms with Crippen LogP contribution in [0, 0.1) is 0 Å². The van der Waals surface area contributed by atoms with Crippen LogP contribution in [-0.2, 0) is 0 Å². The lowest BCUT2D eigenvalue weighted by Gasteiger charge is -2.20. The van der Waals surface area contributed by atoms with E-state index in [0.717, 1.165) is 11.4 Å². The molecule has 2 aromatic carbocycles. The molecule has 0 aliphatic rings. The maximum Gasteiger partial charge on any atom is 0.169 e. The molecule has 0 saturated carbocycles. The summed E-state index contributed by atoms with van der Waals surface area (Å²) >= 11 is 0. The Morgan fingerprint density at radius 2 is 1.52 bits per heavy atom. The van der Waals surface area contributed by atoms with Crippen LogP contribution in [0.25, 0.3) is 0 Å². The van der Waals surface area contributed by atoms with E-state index in [1.165, 1.54) is 0 Å². The average Bonchev–Trinajstić information content (AvgIpc) is 2.55. The van der Waals surface area contributed by atoms with Gasteiger partial charge < -0.3 is 9.84 Å². The molecular formula is C18H15NO2. The second-order valence-corrected chi connectivity index (χ2v) is 4.62. The van der Waals surface area contributed by atoms with Crippen molar-refractivity contribution in [2.45, 2.75) is 6.10 Å². The fourth-order valence-electron chi connectivity index (χ4n) is 2.16. The molecule has 0 aliphatic carbocycles. The van der Waals surface area contributed by atoms with Gasteiger partial charge >= 0.3 is 0 Å². The first-order valence-corrected chi connectivity index (χ1v) is 6.75. The summed E-state index contributed by atoms with van der Waals surface area (Å²) in [6.07, 6.45) is 1.27. The summed E-state index contributed by atoms with van der Waals surface area (Å²) in [5, 5.41) is 10.1. The van der Waals surface area contributed by atoms with Gasteiger partial charge in [-0.15, -0.1) is 0 Å². The Labute approximate surface area is 123 Å². The van der Waals surface area contributed by atoms with E-state index in [9.17, 15) is 5.11 Å². The minimum Gasteiger partial charge on any atom is -0.508 e. The molecule has 3 aromatic rings. The number of phenols is 1. The molecule has 3 heteroatoms. The summed E-state index contributed by atoms with van der Waals surface area (Å²) < 4.78 is 6.04. The zero-order chi connectivity index (χ0) is 14.5. The van der Waals surface area contributed by atoms with Crippen LogP contribution in [-0.4, -0.2) is 10.1 Å². The molecule has 0 saturated heterocycles. The third-order valence-corrected chi connectivity index (χ3v) is 3.17. The second kappa shape index (κ2) is 6.09. The number of hydrogen-bond acceptors (Lipinski definition) is 3. The van der Waals surface area contributed by atoms with Gasteiger partial charge in [-0.3, -0.25) is 4.98 Å².